The number of sulfone groups is 1. The second kappa shape index (κ2) is 7.96. The van der Waals surface area contributed by atoms with Gasteiger partial charge in [0.25, 0.3) is 0 Å². The van der Waals surface area contributed by atoms with Gasteiger partial charge in [-0.3, -0.25) is 9.59 Å². The van der Waals surface area contributed by atoms with Gasteiger partial charge < -0.3 is 14.6 Å². The third kappa shape index (κ3) is 5.19. The van der Waals surface area contributed by atoms with Gasteiger partial charge >= 0.3 is 0 Å². The third-order valence-corrected chi connectivity index (χ3v) is 6.26. The van der Waals surface area contributed by atoms with E-state index in [-0.39, 0.29) is 42.3 Å². The normalized spacial score (nSPS) is 18.2. The summed E-state index contributed by atoms with van der Waals surface area (Å²) in [5.74, 6) is 0.395. The van der Waals surface area contributed by atoms with Crippen LogP contribution >= 0.6 is 0 Å². The first-order valence-corrected chi connectivity index (χ1v) is 10.5. The van der Waals surface area contributed by atoms with Crippen molar-refractivity contribution in [2.75, 3.05) is 16.8 Å². The Morgan fingerprint density at radius 3 is 2.52 bits per heavy atom. The number of nitrogens with zero attached hydrogens (tertiary/aromatic N) is 1. The molecule has 1 N–H and O–H groups in total. The minimum Gasteiger partial charge on any atom is -0.467 e. The third-order valence-electron chi connectivity index (χ3n) is 4.51. The number of nitrogens with one attached hydrogen (secondary N) is 1. The number of rotatable bonds is 6. The van der Waals surface area contributed by atoms with Gasteiger partial charge in [-0.15, -0.1) is 0 Å². The molecule has 1 aromatic heterocycles. The molecule has 2 heterocycles. The lowest BCUT2D eigenvalue weighted by Crippen LogP contribution is -2.41. The molecule has 2 aromatic rings. The average molecular weight is 390 g/mol. The predicted molar refractivity (Wildman–Crippen MR) is 101 cm³/mol. The number of carbonyl (C=O) groups is 2. The number of hydrogen-bond acceptors (Lipinski definition) is 5. The fourth-order valence-corrected chi connectivity index (χ4v) is 4.93. The zero-order chi connectivity index (χ0) is 19.4. The average Bonchev–Trinajstić information content (AvgIpc) is 3.23. The minimum absolute atomic E-state index is 0.0130. The Labute approximate surface area is 158 Å². The second-order valence-corrected chi connectivity index (χ2v) is 8.94. The highest BCUT2D eigenvalue weighted by atomic mass is 32.2. The first-order valence-electron chi connectivity index (χ1n) is 8.71. The molecule has 0 spiro atoms. The van der Waals surface area contributed by atoms with E-state index in [1.165, 1.54) is 13.2 Å². The zero-order valence-electron chi connectivity index (χ0n) is 15.1. The molecular weight excluding hydrogens is 368 g/mol. The molecule has 1 aliphatic heterocycles. The zero-order valence-corrected chi connectivity index (χ0v) is 15.9. The van der Waals surface area contributed by atoms with Gasteiger partial charge in [-0.25, -0.2) is 8.42 Å². The molecule has 8 heteroatoms. The summed E-state index contributed by atoms with van der Waals surface area (Å²) in [7, 11) is -3.11. The monoisotopic (exact) mass is 390 g/mol. The predicted octanol–water partition coefficient (Wildman–Crippen LogP) is 2.00. The van der Waals surface area contributed by atoms with Crippen molar-refractivity contribution in [3.63, 3.8) is 0 Å². The summed E-state index contributed by atoms with van der Waals surface area (Å²) in [6, 6.07) is 10.2. The Hall–Kier alpha value is -2.61. The van der Waals surface area contributed by atoms with E-state index in [2.05, 4.69) is 5.32 Å². The summed E-state index contributed by atoms with van der Waals surface area (Å²) in [6.07, 6.45) is 2.12. The van der Waals surface area contributed by atoms with Crippen LogP contribution in [0.4, 0.5) is 5.69 Å². The highest BCUT2D eigenvalue weighted by Crippen LogP contribution is 2.22. The van der Waals surface area contributed by atoms with Crippen LogP contribution in [-0.4, -0.2) is 42.7 Å². The van der Waals surface area contributed by atoms with Crippen LogP contribution < -0.4 is 5.32 Å². The van der Waals surface area contributed by atoms with E-state index in [1.54, 1.807) is 41.3 Å². The Bertz CT molecular complexity index is 904. The van der Waals surface area contributed by atoms with E-state index >= 15 is 0 Å². The molecule has 0 aliphatic carbocycles. The number of amides is 2. The van der Waals surface area contributed by atoms with E-state index in [0.717, 1.165) is 5.56 Å². The smallest absolute Gasteiger partial charge is 0.227 e. The number of hydrogen-bond donors (Lipinski definition) is 1. The van der Waals surface area contributed by atoms with E-state index in [1.807, 2.05) is 0 Å². The maximum Gasteiger partial charge on any atom is 0.227 e. The van der Waals surface area contributed by atoms with Gasteiger partial charge in [0, 0.05) is 18.7 Å². The van der Waals surface area contributed by atoms with E-state index in [9.17, 15) is 18.0 Å². The van der Waals surface area contributed by atoms with Crippen molar-refractivity contribution in [1.29, 1.82) is 0 Å². The van der Waals surface area contributed by atoms with Gasteiger partial charge in [0.1, 0.15) is 5.76 Å². The topological polar surface area (TPSA) is 96.7 Å². The van der Waals surface area contributed by atoms with E-state index < -0.39 is 9.84 Å². The molecule has 144 valence electrons. The summed E-state index contributed by atoms with van der Waals surface area (Å²) < 4.78 is 29.1. The maximum absolute atomic E-state index is 12.9. The number of carbonyl (C=O) groups excluding carboxylic acids is 2. The van der Waals surface area contributed by atoms with Gasteiger partial charge in [-0.05, 0) is 36.2 Å². The van der Waals surface area contributed by atoms with Gasteiger partial charge in [-0.1, -0.05) is 12.1 Å². The molecule has 27 heavy (non-hydrogen) atoms. The first kappa shape index (κ1) is 19.2. The van der Waals surface area contributed by atoms with Gasteiger partial charge in [0.15, 0.2) is 9.84 Å². The summed E-state index contributed by atoms with van der Waals surface area (Å²) in [6.45, 7) is 1.68. The summed E-state index contributed by atoms with van der Waals surface area (Å²) in [5.41, 5.74) is 1.45. The van der Waals surface area contributed by atoms with Crippen LogP contribution in [0.3, 0.4) is 0 Å². The molecule has 1 atom stereocenters. The summed E-state index contributed by atoms with van der Waals surface area (Å²) in [5, 5.41) is 2.68. The van der Waals surface area contributed by atoms with Crippen molar-refractivity contribution in [3.8, 4) is 0 Å². The fourth-order valence-electron chi connectivity index (χ4n) is 3.20. The van der Waals surface area contributed by atoms with E-state index in [0.29, 0.717) is 17.9 Å². The highest BCUT2D eigenvalue weighted by Gasteiger charge is 2.35. The van der Waals surface area contributed by atoms with Crippen LogP contribution in [-0.2, 0) is 32.4 Å². The lowest BCUT2D eigenvalue weighted by Gasteiger charge is -2.27. The largest absolute Gasteiger partial charge is 0.467 e. The molecule has 0 unspecified atom stereocenters. The lowest BCUT2D eigenvalue weighted by atomic mass is 10.1. The fraction of sp³-hybridized carbons (Fsp3) is 0.368. The molecule has 1 saturated heterocycles. The molecular formula is C19H22N2O5S. The van der Waals surface area contributed by atoms with E-state index in [4.69, 9.17) is 4.42 Å². The van der Waals surface area contributed by atoms with Crippen molar-refractivity contribution in [2.45, 2.75) is 32.4 Å². The van der Waals surface area contributed by atoms with Crippen molar-refractivity contribution in [1.82, 2.24) is 4.90 Å². The van der Waals surface area contributed by atoms with Crippen LogP contribution in [0.5, 0.6) is 0 Å². The molecule has 7 nitrogen and oxygen atoms in total. The molecule has 1 aromatic carbocycles. The van der Waals surface area contributed by atoms with Crippen molar-refractivity contribution >= 4 is 27.3 Å². The highest BCUT2D eigenvalue weighted by molar-refractivity contribution is 7.91. The van der Waals surface area contributed by atoms with Gasteiger partial charge in [0.2, 0.25) is 11.8 Å². The molecule has 3 rings (SSSR count). The van der Waals surface area contributed by atoms with Crippen LogP contribution in [0.1, 0.15) is 24.7 Å². The Balaban J connectivity index is 1.73. The number of benzene rings is 1. The Morgan fingerprint density at radius 1 is 1.22 bits per heavy atom. The standard InChI is InChI=1S/C19H22N2O5S/c1-14(22)20-16-6-4-15(5-7-16)11-19(23)21(12-18-3-2-9-26-18)17-8-10-27(24,25)13-17/h2-7,9,17H,8,10-13H2,1H3,(H,20,22)/t17-/m1/s1. The molecule has 0 saturated carbocycles. The molecule has 0 bridgehead atoms. The molecule has 0 radical (unpaired) electrons. The summed E-state index contributed by atoms with van der Waals surface area (Å²) >= 11 is 0. The lowest BCUT2D eigenvalue weighted by molar-refractivity contribution is -0.133. The SMILES string of the molecule is CC(=O)Nc1ccc(CC(=O)N(Cc2ccco2)[C@@H]2CCS(=O)(=O)C2)cc1. The van der Waals surface area contributed by atoms with Crippen LogP contribution in [0.2, 0.25) is 0 Å². The first-order chi connectivity index (χ1) is 12.8. The van der Waals surface area contributed by atoms with Crippen LogP contribution in [0.15, 0.2) is 47.1 Å². The Kier molecular flexibility index (Phi) is 5.65. The maximum atomic E-state index is 12.9. The molecule has 1 fully saturated rings. The quantitative estimate of drug-likeness (QED) is 0.814. The van der Waals surface area contributed by atoms with Crippen LogP contribution in [0, 0.1) is 0 Å². The summed E-state index contributed by atoms with van der Waals surface area (Å²) in [4.78, 5) is 25.6. The Morgan fingerprint density at radius 2 is 1.96 bits per heavy atom. The minimum atomic E-state index is -3.11. The number of furan rings is 1. The van der Waals surface area contributed by atoms with Gasteiger partial charge in [0.05, 0.1) is 30.7 Å². The number of anilines is 1. The van der Waals surface area contributed by atoms with Crippen LogP contribution in [0.25, 0.3) is 0 Å². The second-order valence-electron chi connectivity index (χ2n) is 6.71. The van der Waals surface area contributed by atoms with Crippen molar-refractivity contribution in [3.05, 3.63) is 54.0 Å². The van der Waals surface area contributed by atoms with Gasteiger partial charge in [-0.2, -0.15) is 0 Å². The molecule has 2 amide bonds. The molecule has 1 aliphatic rings. The van der Waals surface area contributed by atoms with Crippen molar-refractivity contribution < 1.29 is 22.4 Å². The van der Waals surface area contributed by atoms with Crippen molar-refractivity contribution in [2.24, 2.45) is 0 Å².